The standard InChI is InChI=1S/C27H26BrO2/c1-26(2,3)21-13-17-14-22(27(4,5)6)25(30)20-12-16(11-19(23(17)20)24(21)29)15-7-9-18(28)10-8-15/h7-14H,1-6H3. The van der Waals surface area contributed by atoms with Crippen molar-refractivity contribution in [3.63, 3.8) is 0 Å². The summed E-state index contributed by atoms with van der Waals surface area (Å²) in [6.45, 7) is 12.4. The third-order valence-electron chi connectivity index (χ3n) is 5.80. The van der Waals surface area contributed by atoms with E-state index in [4.69, 9.17) is 0 Å². The molecule has 0 atom stereocenters. The van der Waals surface area contributed by atoms with E-state index in [1.807, 2.05) is 48.5 Å². The largest absolute Gasteiger partial charge is 0.289 e. The molecular formula is C27H26BrO2. The highest BCUT2D eigenvalue weighted by Gasteiger charge is 2.33. The average molecular weight is 462 g/mol. The molecule has 3 aromatic carbocycles. The van der Waals surface area contributed by atoms with Crippen molar-refractivity contribution >= 4 is 38.6 Å². The molecule has 0 aromatic heterocycles. The minimum absolute atomic E-state index is 0.0156. The summed E-state index contributed by atoms with van der Waals surface area (Å²) in [6.07, 6.45) is 1.99. The summed E-state index contributed by atoms with van der Waals surface area (Å²) in [5.41, 5.74) is 4.47. The predicted octanol–water partition coefficient (Wildman–Crippen LogP) is 8.34. The van der Waals surface area contributed by atoms with Crippen molar-refractivity contribution in [3.8, 4) is 16.9 Å². The van der Waals surface area contributed by atoms with Gasteiger partial charge in [0.1, 0.15) is 0 Å². The first-order valence-corrected chi connectivity index (χ1v) is 11.0. The SMILES string of the molecule is CC(C)(C)C1=Cc2cc(C(C)(C)C)c([O])c3cc(-c4ccc(Br)cc4)cc(c23)C1=O. The van der Waals surface area contributed by atoms with Gasteiger partial charge in [-0.3, -0.25) is 9.90 Å². The molecule has 0 fully saturated rings. The number of carbonyl (C=O) groups is 1. The Morgan fingerprint density at radius 1 is 0.800 bits per heavy atom. The van der Waals surface area contributed by atoms with Gasteiger partial charge in [0.15, 0.2) is 11.5 Å². The first kappa shape index (κ1) is 20.9. The second kappa shape index (κ2) is 6.81. The molecule has 0 amide bonds. The lowest BCUT2D eigenvalue weighted by Gasteiger charge is -2.29. The molecule has 30 heavy (non-hydrogen) atoms. The van der Waals surface area contributed by atoms with E-state index in [9.17, 15) is 9.90 Å². The molecular weight excluding hydrogens is 436 g/mol. The predicted molar refractivity (Wildman–Crippen MR) is 128 cm³/mol. The maximum Gasteiger partial charge on any atom is 0.190 e. The molecule has 0 saturated carbocycles. The number of benzene rings is 3. The van der Waals surface area contributed by atoms with Crippen LogP contribution in [0.1, 0.15) is 63.0 Å². The van der Waals surface area contributed by atoms with Crippen LogP contribution in [0.4, 0.5) is 0 Å². The molecule has 0 bridgehead atoms. The monoisotopic (exact) mass is 461 g/mol. The van der Waals surface area contributed by atoms with E-state index in [1.54, 1.807) is 0 Å². The molecule has 0 aliphatic heterocycles. The van der Waals surface area contributed by atoms with Gasteiger partial charge in [0.2, 0.25) is 0 Å². The second-order valence-corrected chi connectivity index (χ2v) is 11.1. The number of halogens is 1. The van der Waals surface area contributed by atoms with Crippen molar-refractivity contribution in [3.05, 3.63) is 69.2 Å². The number of rotatable bonds is 1. The van der Waals surface area contributed by atoms with Crippen molar-refractivity contribution in [1.82, 2.24) is 0 Å². The molecule has 1 aliphatic carbocycles. The summed E-state index contributed by atoms with van der Waals surface area (Å²) in [5.74, 6) is 0.0312. The van der Waals surface area contributed by atoms with Crippen molar-refractivity contribution in [2.24, 2.45) is 5.41 Å². The molecule has 1 radical (unpaired) electrons. The minimum Gasteiger partial charge on any atom is -0.289 e. The van der Waals surface area contributed by atoms with E-state index in [2.05, 4.69) is 57.5 Å². The Bertz CT molecular complexity index is 1220. The van der Waals surface area contributed by atoms with Crippen molar-refractivity contribution in [1.29, 1.82) is 0 Å². The zero-order chi connectivity index (χ0) is 22.0. The third kappa shape index (κ3) is 3.39. The maximum atomic E-state index is 13.5. The Kier molecular flexibility index (Phi) is 4.74. The fourth-order valence-corrected chi connectivity index (χ4v) is 4.42. The smallest absolute Gasteiger partial charge is 0.190 e. The van der Waals surface area contributed by atoms with E-state index < -0.39 is 0 Å². The molecule has 153 valence electrons. The fourth-order valence-electron chi connectivity index (χ4n) is 4.15. The van der Waals surface area contributed by atoms with Crippen LogP contribution in [0.25, 0.3) is 28.0 Å². The van der Waals surface area contributed by atoms with E-state index in [0.717, 1.165) is 37.7 Å². The average Bonchev–Trinajstić information content (AvgIpc) is 2.64. The Morgan fingerprint density at radius 3 is 2.00 bits per heavy atom. The van der Waals surface area contributed by atoms with E-state index >= 15 is 0 Å². The van der Waals surface area contributed by atoms with Crippen LogP contribution in [-0.4, -0.2) is 5.78 Å². The highest BCUT2D eigenvalue weighted by molar-refractivity contribution is 9.10. The van der Waals surface area contributed by atoms with Gasteiger partial charge in [-0.05, 0) is 63.9 Å². The van der Waals surface area contributed by atoms with E-state index in [-0.39, 0.29) is 22.4 Å². The number of carbonyl (C=O) groups excluding carboxylic acids is 1. The van der Waals surface area contributed by atoms with E-state index in [1.165, 1.54) is 0 Å². The van der Waals surface area contributed by atoms with Gasteiger partial charge >= 0.3 is 0 Å². The van der Waals surface area contributed by atoms with Gasteiger partial charge in [-0.25, -0.2) is 0 Å². The molecule has 0 heterocycles. The lowest BCUT2D eigenvalue weighted by Crippen LogP contribution is -2.21. The lowest BCUT2D eigenvalue weighted by molar-refractivity contribution is 0.101. The Morgan fingerprint density at radius 2 is 1.43 bits per heavy atom. The van der Waals surface area contributed by atoms with Crippen molar-refractivity contribution in [2.45, 2.75) is 47.0 Å². The topological polar surface area (TPSA) is 37.0 Å². The van der Waals surface area contributed by atoms with Crippen LogP contribution in [0, 0.1) is 5.41 Å². The normalized spacial score (nSPS) is 14.2. The van der Waals surface area contributed by atoms with Crippen LogP contribution in [0.5, 0.6) is 5.75 Å². The van der Waals surface area contributed by atoms with Crippen LogP contribution < -0.4 is 0 Å². The molecule has 0 unspecified atom stereocenters. The molecule has 2 nitrogen and oxygen atoms in total. The van der Waals surface area contributed by atoms with Gasteiger partial charge in [-0.15, -0.1) is 0 Å². The van der Waals surface area contributed by atoms with Gasteiger partial charge in [0.25, 0.3) is 0 Å². The van der Waals surface area contributed by atoms with Crippen molar-refractivity contribution < 1.29 is 9.90 Å². The van der Waals surface area contributed by atoms with Gasteiger partial charge in [-0.2, -0.15) is 0 Å². The number of ketones is 1. The number of allylic oxidation sites excluding steroid dienone is 1. The second-order valence-electron chi connectivity index (χ2n) is 10.2. The first-order chi connectivity index (χ1) is 13.9. The Hall–Kier alpha value is -2.39. The number of hydrogen-bond acceptors (Lipinski definition) is 1. The molecule has 4 rings (SSSR count). The quantitative estimate of drug-likeness (QED) is 0.358. The summed E-state index contributed by atoms with van der Waals surface area (Å²) in [7, 11) is 0. The summed E-state index contributed by atoms with van der Waals surface area (Å²) in [6, 6.07) is 13.9. The van der Waals surface area contributed by atoms with Crippen LogP contribution in [-0.2, 0) is 10.5 Å². The molecule has 0 spiro atoms. The van der Waals surface area contributed by atoms with Gasteiger partial charge in [0.05, 0.1) is 0 Å². The number of hydrogen-bond donors (Lipinski definition) is 0. The zero-order valence-electron chi connectivity index (χ0n) is 18.3. The molecule has 1 aliphatic rings. The summed E-state index contributed by atoms with van der Waals surface area (Å²) in [4.78, 5) is 13.5. The molecule has 3 aromatic rings. The number of Topliss-reactive ketones (excluding diaryl/α,β-unsaturated/α-hetero) is 1. The van der Waals surface area contributed by atoms with E-state index in [0.29, 0.717) is 10.9 Å². The zero-order valence-corrected chi connectivity index (χ0v) is 19.9. The van der Waals surface area contributed by atoms with Gasteiger partial charge in [-0.1, -0.05) is 69.6 Å². The van der Waals surface area contributed by atoms with Crippen LogP contribution in [0.3, 0.4) is 0 Å². The van der Waals surface area contributed by atoms with Gasteiger partial charge < -0.3 is 0 Å². The molecule has 3 heteroatoms. The highest BCUT2D eigenvalue weighted by atomic mass is 79.9. The summed E-state index contributed by atoms with van der Waals surface area (Å²) >= 11 is 3.48. The highest BCUT2D eigenvalue weighted by Crippen LogP contribution is 2.46. The lowest BCUT2D eigenvalue weighted by atomic mass is 9.74. The minimum atomic E-state index is -0.285. The Balaban J connectivity index is 2.12. The summed E-state index contributed by atoms with van der Waals surface area (Å²) < 4.78 is 0.990. The first-order valence-electron chi connectivity index (χ1n) is 10.2. The van der Waals surface area contributed by atoms with Crippen LogP contribution >= 0.6 is 15.9 Å². The van der Waals surface area contributed by atoms with Gasteiger partial charge in [0, 0.05) is 31.9 Å². The Labute approximate surface area is 186 Å². The third-order valence-corrected chi connectivity index (χ3v) is 6.33. The van der Waals surface area contributed by atoms with Crippen LogP contribution in [0.2, 0.25) is 0 Å². The summed E-state index contributed by atoms with van der Waals surface area (Å²) in [5, 5.41) is 14.9. The fraction of sp³-hybridized carbons (Fsp3) is 0.296. The molecule has 0 N–H and O–H groups in total. The maximum absolute atomic E-state index is 13.5. The van der Waals surface area contributed by atoms with Crippen molar-refractivity contribution in [2.75, 3.05) is 0 Å². The molecule has 0 saturated heterocycles. The van der Waals surface area contributed by atoms with Crippen LogP contribution in [0.15, 0.2) is 52.5 Å².